The van der Waals surface area contributed by atoms with E-state index >= 15 is 0 Å². The lowest BCUT2D eigenvalue weighted by atomic mass is 9.96. The number of hydrogen-bond acceptors (Lipinski definition) is 3. The van der Waals surface area contributed by atoms with E-state index in [0.717, 1.165) is 32.8 Å². The zero-order valence-corrected chi connectivity index (χ0v) is 15.0. The molecule has 0 aliphatic carbocycles. The van der Waals surface area contributed by atoms with E-state index in [-0.39, 0.29) is 5.97 Å². The summed E-state index contributed by atoms with van der Waals surface area (Å²) >= 11 is 0. The van der Waals surface area contributed by atoms with Crippen molar-refractivity contribution in [3.8, 4) is 6.07 Å². The lowest BCUT2D eigenvalue weighted by Gasteiger charge is -2.08. The van der Waals surface area contributed by atoms with Crippen molar-refractivity contribution < 1.29 is 9.53 Å². The van der Waals surface area contributed by atoms with Crippen LogP contribution in [0.3, 0.4) is 0 Å². The van der Waals surface area contributed by atoms with Crippen molar-refractivity contribution in [3.63, 3.8) is 0 Å². The molecule has 0 aliphatic rings. The average molecular weight is 354 g/mol. The molecule has 132 valence electrons. The van der Waals surface area contributed by atoms with Crippen LogP contribution in [0.25, 0.3) is 21.7 Å². The summed E-state index contributed by atoms with van der Waals surface area (Å²) in [6.45, 7) is 2.10. The number of carbonyl (C=O) groups is 1. The minimum Gasteiger partial charge on any atom is -0.461 e. The molecule has 0 unspecified atom stereocenters. The molecule has 1 aromatic heterocycles. The number of benzene rings is 3. The van der Waals surface area contributed by atoms with Gasteiger partial charge in [0.15, 0.2) is 0 Å². The van der Waals surface area contributed by atoms with Gasteiger partial charge < -0.3 is 9.72 Å². The van der Waals surface area contributed by atoms with E-state index in [2.05, 4.69) is 35.3 Å². The number of nitrogens with one attached hydrogen (secondary N) is 1. The number of esters is 1. The second kappa shape index (κ2) is 6.97. The van der Waals surface area contributed by atoms with E-state index in [0.29, 0.717) is 24.3 Å². The van der Waals surface area contributed by atoms with Crippen LogP contribution in [-0.2, 0) is 11.2 Å². The van der Waals surface area contributed by atoms with Crippen LogP contribution in [0.1, 0.15) is 34.1 Å². The Bertz CT molecular complexity index is 1190. The zero-order chi connectivity index (χ0) is 18.8. The number of nitriles is 1. The summed E-state index contributed by atoms with van der Waals surface area (Å²) in [7, 11) is 0. The molecule has 0 spiro atoms. The molecule has 27 heavy (non-hydrogen) atoms. The van der Waals surface area contributed by atoms with Gasteiger partial charge in [-0.05, 0) is 47.0 Å². The van der Waals surface area contributed by atoms with Crippen molar-refractivity contribution in [1.29, 1.82) is 5.26 Å². The molecule has 4 aromatic rings. The van der Waals surface area contributed by atoms with Crippen molar-refractivity contribution in [2.45, 2.75) is 13.3 Å². The Hall–Kier alpha value is -3.58. The van der Waals surface area contributed by atoms with Crippen molar-refractivity contribution in [1.82, 2.24) is 4.98 Å². The summed E-state index contributed by atoms with van der Waals surface area (Å²) in [5.74, 6) is -0.373. The highest BCUT2D eigenvalue weighted by Crippen LogP contribution is 2.29. The van der Waals surface area contributed by atoms with Gasteiger partial charge in [-0.2, -0.15) is 5.26 Å². The molecule has 0 bridgehead atoms. The topological polar surface area (TPSA) is 65.9 Å². The fourth-order valence-electron chi connectivity index (χ4n) is 3.52. The van der Waals surface area contributed by atoms with Crippen LogP contribution >= 0.6 is 0 Å². The van der Waals surface area contributed by atoms with Crippen molar-refractivity contribution in [2.24, 2.45) is 0 Å². The minimum absolute atomic E-state index is 0.311. The van der Waals surface area contributed by atoms with Crippen LogP contribution in [0.5, 0.6) is 0 Å². The molecule has 1 heterocycles. The first-order valence-electron chi connectivity index (χ1n) is 8.89. The van der Waals surface area contributed by atoms with E-state index in [1.807, 2.05) is 30.3 Å². The summed E-state index contributed by atoms with van der Waals surface area (Å²) in [4.78, 5) is 15.7. The van der Waals surface area contributed by atoms with Crippen LogP contribution < -0.4 is 0 Å². The van der Waals surface area contributed by atoms with Gasteiger partial charge in [0.25, 0.3) is 0 Å². The lowest BCUT2D eigenvalue weighted by Crippen LogP contribution is -2.08. The molecule has 0 saturated heterocycles. The second-order valence-electron chi connectivity index (χ2n) is 6.39. The number of fused-ring (bicyclic) bond motifs is 2. The highest BCUT2D eigenvalue weighted by atomic mass is 16.5. The second-order valence-corrected chi connectivity index (χ2v) is 6.39. The van der Waals surface area contributed by atoms with Gasteiger partial charge in [-0.15, -0.1) is 0 Å². The fraction of sp³-hybridized carbons (Fsp3) is 0.130. The highest BCUT2D eigenvalue weighted by molar-refractivity contribution is 5.99. The molecule has 4 rings (SSSR count). The Labute approximate surface area is 157 Å². The Morgan fingerprint density at radius 2 is 1.89 bits per heavy atom. The first-order chi connectivity index (χ1) is 13.2. The predicted molar refractivity (Wildman–Crippen MR) is 106 cm³/mol. The maximum Gasteiger partial charge on any atom is 0.355 e. The first kappa shape index (κ1) is 16.9. The molecule has 0 fully saturated rings. The first-order valence-corrected chi connectivity index (χ1v) is 8.89. The Morgan fingerprint density at radius 1 is 1.07 bits per heavy atom. The molecule has 1 N–H and O–H groups in total. The molecule has 4 heteroatoms. The molecule has 0 atom stereocenters. The Morgan fingerprint density at radius 3 is 2.70 bits per heavy atom. The van der Waals surface area contributed by atoms with Gasteiger partial charge in [-0.25, -0.2) is 4.79 Å². The van der Waals surface area contributed by atoms with Gasteiger partial charge in [0.1, 0.15) is 5.69 Å². The predicted octanol–water partition coefficient (Wildman–Crippen LogP) is 4.96. The monoisotopic (exact) mass is 354 g/mol. The highest BCUT2D eigenvalue weighted by Gasteiger charge is 2.20. The van der Waals surface area contributed by atoms with Gasteiger partial charge in [0.2, 0.25) is 0 Å². The molecule has 0 radical (unpaired) electrons. The Kier molecular flexibility index (Phi) is 4.35. The number of rotatable bonds is 4. The molecular formula is C23H18N2O2. The normalized spacial score (nSPS) is 10.8. The minimum atomic E-state index is -0.373. The van der Waals surface area contributed by atoms with E-state index in [1.165, 1.54) is 0 Å². The zero-order valence-electron chi connectivity index (χ0n) is 15.0. The number of hydrogen-bond donors (Lipinski definition) is 1. The van der Waals surface area contributed by atoms with E-state index < -0.39 is 0 Å². The maximum atomic E-state index is 12.5. The molecular weight excluding hydrogens is 336 g/mol. The van der Waals surface area contributed by atoms with Gasteiger partial charge in [0, 0.05) is 17.3 Å². The molecule has 4 nitrogen and oxygen atoms in total. The van der Waals surface area contributed by atoms with E-state index in [9.17, 15) is 10.1 Å². The fourth-order valence-corrected chi connectivity index (χ4v) is 3.52. The third-order valence-corrected chi connectivity index (χ3v) is 4.76. The van der Waals surface area contributed by atoms with E-state index in [1.54, 1.807) is 13.0 Å². The molecule has 3 aromatic carbocycles. The van der Waals surface area contributed by atoms with Crippen molar-refractivity contribution in [2.75, 3.05) is 6.61 Å². The average Bonchev–Trinajstić information content (AvgIpc) is 3.06. The largest absolute Gasteiger partial charge is 0.461 e. The number of ether oxygens (including phenoxy) is 1. The van der Waals surface area contributed by atoms with Crippen molar-refractivity contribution >= 4 is 27.6 Å². The van der Waals surface area contributed by atoms with Crippen LogP contribution in [0, 0.1) is 11.3 Å². The van der Waals surface area contributed by atoms with Crippen LogP contribution in [0.2, 0.25) is 0 Å². The Balaban J connectivity index is 1.91. The third-order valence-electron chi connectivity index (χ3n) is 4.76. The van der Waals surface area contributed by atoms with E-state index in [4.69, 9.17) is 4.74 Å². The number of H-pyrrole nitrogens is 1. The van der Waals surface area contributed by atoms with Crippen LogP contribution in [0.15, 0.2) is 60.7 Å². The molecule has 0 aliphatic heterocycles. The quantitative estimate of drug-likeness (QED) is 0.527. The van der Waals surface area contributed by atoms with Crippen molar-refractivity contribution in [3.05, 3.63) is 83.0 Å². The summed E-state index contributed by atoms with van der Waals surface area (Å²) < 4.78 is 5.24. The van der Waals surface area contributed by atoms with Gasteiger partial charge in [0.05, 0.1) is 18.2 Å². The maximum absolute atomic E-state index is 12.5. The molecule has 0 amide bonds. The summed E-state index contributed by atoms with van der Waals surface area (Å²) in [5.41, 5.74) is 3.83. The smallest absolute Gasteiger partial charge is 0.355 e. The SMILES string of the molecule is CCOC(=O)c1[nH]c2ccc(C#N)cc2c1Cc1cccc2ccccc12. The lowest BCUT2D eigenvalue weighted by molar-refractivity contribution is 0.0519. The molecule has 0 saturated carbocycles. The van der Waals surface area contributed by atoms with Crippen LogP contribution in [0.4, 0.5) is 0 Å². The van der Waals surface area contributed by atoms with Crippen LogP contribution in [-0.4, -0.2) is 17.6 Å². The number of aromatic nitrogens is 1. The third kappa shape index (κ3) is 3.04. The number of nitrogens with zero attached hydrogens (tertiary/aromatic N) is 1. The number of carbonyl (C=O) groups excluding carboxylic acids is 1. The summed E-state index contributed by atoms with van der Waals surface area (Å²) in [6.07, 6.45) is 0.574. The van der Waals surface area contributed by atoms with Gasteiger partial charge in [-0.3, -0.25) is 0 Å². The summed E-state index contributed by atoms with van der Waals surface area (Å²) in [5, 5.41) is 12.5. The summed E-state index contributed by atoms with van der Waals surface area (Å²) in [6, 6.07) is 22.0. The van der Waals surface area contributed by atoms with Gasteiger partial charge >= 0.3 is 5.97 Å². The van der Waals surface area contributed by atoms with Gasteiger partial charge in [-0.1, -0.05) is 42.5 Å². The standard InChI is InChI=1S/C23H18N2O2/c1-2-27-23(26)22-20(19-12-15(14-24)10-11-21(19)25-22)13-17-8-5-7-16-6-3-4-9-18(16)17/h3-12,25H,2,13H2,1H3. The number of aromatic amines is 1.